The number of alkyl halides is 2. The fourth-order valence-electron chi connectivity index (χ4n) is 1.06. The lowest BCUT2D eigenvalue weighted by Gasteiger charge is -2.03. The predicted octanol–water partition coefficient (Wildman–Crippen LogP) is 0.713. The maximum absolute atomic E-state index is 12.2. The highest BCUT2D eigenvalue weighted by molar-refractivity contribution is 5.36. The molecule has 0 radical (unpaired) electrons. The summed E-state index contributed by atoms with van der Waals surface area (Å²) in [5.41, 5.74) is -3.35. The third-order valence-electron chi connectivity index (χ3n) is 1.68. The van der Waals surface area contributed by atoms with Crippen LogP contribution in [0.3, 0.4) is 0 Å². The van der Waals surface area contributed by atoms with Gasteiger partial charge in [-0.25, -0.2) is 8.78 Å². The van der Waals surface area contributed by atoms with Crippen molar-refractivity contribution in [2.75, 3.05) is 0 Å². The molecule has 0 unspecified atom stereocenters. The van der Waals surface area contributed by atoms with Gasteiger partial charge in [-0.15, -0.1) is 0 Å². The van der Waals surface area contributed by atoms with Crippen LogP contribution < -0.4 is 5.43 Å². The number of nitro groups is 1. The predicted molar refractivity (Wildman–Crippen MR) is 44.6 cm³/mol. The van der Waals surface area contributed by atoms with E-state index in [0.717, 1.165) is 0 Å². The minimum absolute atomic E-state index is 0.446. The zero-order valence-electron chi connectivity index (χ0n) is 7.24. The topological polar surface area (TPSA) is 96.2 Å². The van der Waals surface area contributed by atoms with Crippen LogP contribution in [0.2, 0.25) is 0 Å². The number of pyridine rings is 1. The Morgan fingerprint density at radius 3 is 2.60 bits per heavy atom. The van der Waals surface area contributed by atoms with Crippen LogP contribution in [0.1, 0.15) is 17.8 Å². The van der Waals surface area contributed by atoms with Crippen LogP contribution in [0.25, 0.3) is 0 Å². The molecule has 0 saturated carbocycles. The molecule has 1 aromatic heterocycles. The lowest BCUT2D eigenvalue weighted by Crippen LogP contribution is -2.14. The fourth-order valence-corrected chi connectivity index (χ4v) is 1.06. The molecule has 0 amide bonds. The van der Waals surface area contributed by atoms with Crippen LogP contribution in [-0.2, 0) is 6.61 Å². The van der Waals surface area contributed by atoms with Gasteiger partial charge in [-0.1, -0.05) is 0 Å². The number of aromatic amines is 1. The molecular weight excluding hydrogens is 214 g/mol. The Hall–Kier alpha value is -1.83. The van der Waals surface area contributed by atoms with Crippen molar-refractivity contribution in [3.8, 4) is 0 Å². The molecule has 15 heavy (non-hydrogen) atoms. The van der Waals surface area contributed by atoms with E-state index in [9.17, 15) is 23.7 Å². The van der Waals surface area contributed by atoms with Gasteiger partial charge in [0.05, 0.1) is 17.2 Å². The first-order valence-corrected chi connectivity index (χ1v) is 3.77. The Kier molecular flexibility index (Phi) is 3.10. The number of nitrogens with zero attached hydrogens (tertiary/aromatic N) is 1. The lowest BCUT2D eigenvalue weighted by molar-refractivity contribution is -0.387. The zero-order chi connectivity index (χ0) is 11.6. The largest absolute Gasteiger partial charge is 0.390 e. The standard InChI is InChI=1S/C7H6F2N2O4/c8-7(9)3-1-5(13)6(11(14)15)4(2-12)10-3/h1,7,12H,2H2,(H,10,13). The van der Waals surface area contributed by atoms with Crippen molar-refractivity contribution in [2.45, 2.75) is 13.0 Å². The monoisotopic (exact) mass is 220 g/mol. The van der Waals surface area contributed by atoms with Gasteiger partial charge in [-0.3, -0.25) is 14.9 Å². The molecule has 6 nitrogen and oxygen atoms in total. The smallest absolute Gasteiger partial charge is 0.337 e. The Bertz CT molecular complexity index is 443. The summed E-state index contributed by atoms with van der Waals surface area (Å²) in [6, 6.07) is 0.446. The number of aliphatic hydroxyl groups excluding tert-OH is 1. The van der Waals surface area contributed by atoms with E-state index in [2.05, 4.69) is 0 Å². The number of aliphatic hydroxyl groups is 1. The zero-order valence-corrected chi connectivity index (χ0v) is 7.24. The normalized spacial score (nSPS) is 10.7. The summed E-state index contributed by atoms with van der Waals surface area (Å²) >= 11 is 0. The molecule has 0 aliphatic heterocycles. The quantitative estimate of drug-likeness (QED) is 0.579. The Balaban J connectivity index is 3.44. The highest BCUT2D eigenvalue weighted by Crippen LogP contribution is 2.18. The highest BCUT2D eigenvalue weighted by Gasteiger charge is 2.22. The SMILES string of the molecule is O=c1cc(C(F)F)[nH]c(CO)c1[N+](=O)[O-]. The molecule has 82 valence electrons. The minimum atomic E-state index is -2.95. The molecule has 1 rings (SSSR count). The van der Waals surface area contributed by atoms with E-state index in [1.807, 2.05) is 4.98 Å². The Morgan fingerprint density at radius 2 is 2.20 bits per heavy atom. The van der Waals surface area contributed by atoms with E-state index in [1.165, 1.54) is 0 Å². The number of rotatable bonds is 3. The first-order chi connectivity index (χ1) is 6.97. The molecule has 2 N–H and O–H groups in total. The van der Waals surface area contributed by atoms with Crippen LogP contribution in [0, 0.1) is 10.1 Å². The number of nitrogens with one attached hydrogen (secondary N) is 1. The summed E-state index contributed by atoms with van der Waals surface area (Å²) < 4.78 is 24.3. The Labute approximate surface area is 81.3 Å². The summed E-state index contributed by atoms with van der Waals surface area (Å²) in [4.78, 5) is 22.3. The minimum Gasteiger partial charge on any atom is -0.390 e. The van der Waals surface area contributed by atoms with Crippen LogP contribution in [-0.4, -0.2) is 15.0 Å². The van der Waals surface area contributed by atoms with Gasteiger partial charge in [0.2, 0.25) is 0 Å². The lowest BCUT2D eigenvalue weighted by atomic mass is 10.2. The van der Waals surface area contributed by atoms with E-state index in [1.54, 1.807) is 0 Å². The number of halogens is 2. The molecule has 0 aliphatic carbocycles. The first-order valence-electron chi connectivity index (χ1n) is 3.77. The maximum Gasteiger partial charge on any atom is 0.337 e. The number of aromatic nitrogens is 1. The maximum atomic E-state index is 12.2. The molecular formula is C7H6F2N2O4. The van der Waals surface area contributed by atoms with Crippen molar-refractivity contribution >= 4 is 5.69 Å². The van der Waals surface area contributed by atoms with Crippen molar-refractivity contribution in [1.82, 2.24) is 4.98 Å². The van der Waals surface area contributed by atoms with E-state index in [4.69, 9.17) is 5.11 Å². The Morgan fingerprint density at radius 1 is 1.60 bits per heavy atom. The van der Waals surface area contributed by atoms with Crippen molar-refractivity contribution in [3.63, 3.8) is 0 Å². The molecule has 1 aromatic rings. The van der Waals surface area contributed by atoms with Crippen molar-refractivity contribution in [1.29, 1.82) is 0 Å². The van der Waals surface area contributed by atoms with E-state index >= 15 is 0 Å². The molecule has 0 aromatic carbocycles. The molecule has 8 heteroatoms. The fraction of sp³-hybridized carbons (Fsp3) is 0.286. The van der Waals surface area contributed by atoms with Gasteiger partial charge in [0, 0.05) is 6.07 Å². The summed E-state index contributed by atoms with van der Waals surface area (Å²) in [7, 11) is 0. The number of H-pyrrole nitrogens is 1. The van der Waals surface area contributed by atoms with Crippen molar-refractivity contribution in [2.24, 2.45) is 0 Å². The average Bonchev–Trinajstić information content (AvgIpc) is 2.15. The van der Waals surface area contributed by atoms with Crippen LogP contribution >= 0.6 is 0 Å². The van der Waals surface area contributed by atoms with E-state index in [0.29, 0.717) is 6.07 Å². The van der Waals surface area contributed by atoms with Gasteiger partial charge in [-0.2, -0.15) is 0 Å². The van der Waals surface area contributed by atoms with Gasteiger partial charge in [0.15, 0.2) is 0 Å². The molecule has 0 spiro atoms. The molecule has 0 aliphatic rings. The summed E-state index contributed by atoms with van der Waals surface area (Å²) in [6.07, 6.45) is -2.95. The van der Waals surface area contributed by atoms with Gasteiger partial charge >= 0.3 is 5.69 Å². The van der Waals surface area contributed by atoms with Gasteiger partial charge in [0.25, 0.3) is 11.9 Å². The van der Waals surface area contributed by atoms with Crippen molar-refractivity contribution < 1.29 is 18.8 Å². The number of hydrogen-bond donors (Lipinski definition) is 2. The number of hydrogen-bond acceptors (Lipinski definition) is 4. The second kappa shape index (κ2) is 4.13. The third kappa shape index (κ3) is 2.15. The van der Waals surface area contributed by atoms with Gasteiger partial charge < -0.3 is 10.1 Å². The third-order valence-corrected chi connectivity index (χ3v) is 1.68. The highest BCUT2D eigenvalue weighted by atomic mass is 19.3. The van der Waals surface area contributed by atoms with Gasteiger partial charge in [-0.05, 0) is 0 Å². The second-order valence-electron chi connectivity index (χ2n) is 2.63. The van der Waals surface area contributed by atoms with Crippen molar-refractivity contribution in [3.05, 3.63) is 37.8 Å². The molecule has 0 bridgehead atoms. The van der Waals surface area contributed by atoms with E-state index in [-0.39, 0.29) is 0 Å². The summed E-state index contributed by atoms with van der Waals surface area (Å²) in [6.45, 7) is -0.883. The van der Waals surface area contributed by atoms with Gasteiger partial charge in [0.1, 0.15) is 5.69 Å². The summed E-state index contributed by atoms with van der Waals surface area (Å²) in [5, 5.41) is 19.0. The first kappa shape index (κ1) is 11.2. The average molecular weight is 220 g/mol. The molecule has 0 fully saturated rings. The van der Waals surface area contributed by atoms with Crippen LogP contribution in [0.4, 0.5) is 14.5 Å². The van der Waals surface area contributed by atoms with Crippen LogP contribution in [0.5, 0.6) is 0 Å². The molecule has 0 saturated heterocycles. The van der Waals surface area contributed by atoms with Crippen LogP contribution in [0.15, 0.2) is 10.9 Å². The summed E-state index contributed by atoms with van der Waals surface area (Å²) in [5.74, 6) is 0. The molecule has 0 atom stereocenters. The van der Waals surface area contributed by atoms with E-state index < -0.39 is 40.5 Å². The second-order valence-corrected chi connectivity index (χ2v) is 2.63. The molecule has 1 heterocycles.